The Bertz CT molecular complexity index is 1000. The minimum absolute atomic E-state index is 0.0639. The highest BCUT2D eigenvalue weighted by atomic mass is 35.5. The predicted octanol–water partition coefficient (Wildman–Crippen LogP) is 4.17. The van der Waals surface area contributed by atoms with Gasteiger partial charge in [0.25, 0.3) is 0 Å². The topological polar surface area (TPSA) is 45.7 Å². The van der Waals surface area contributed by atoms with Gasteiger partial charge < -0.3 is 4.74 Å². The second-order valence-corrected chi connectivity index (χ2v) is 8.72. The van der Waals surface area contributed by atoms with Crippen molar-refractivity contribution in [3.8, 4) is 0 Å². The number of morpholine rings is 1. The molecule has 1 amide bonds. The number of aryl methyl sites for hydroxylation is 1. The zero-order valence-electron chi connectivity index (χ0n) is 16.4. The minimum atomic E-state index is 0.0639. The van der Waals surface area contributed by atoms with Crippen LogP contribution in [0.5, 0.6) is 0 Å². The summed E-state index contributed by atoms with van der Waals surface area (Å²) in [5.74, 6) is 0.0639. The number of carbonyl (C=O) groups excluding carboxylic acids is 1. The van der Waals surface area contributed by atoms with Gasteiger partial charge in [-0.15, -0.1) is 0 Å². The molecule has 1 aliphatic rings. The van der Waals surface area contributed by atoms with Gasteiger partial charge in [-0.05, 0) is 30.7 Å². The largest absolute Gasteiger partial charge is 0.379 e. The molecule has 152 valence electrons. The minimum Gasteiger partial charge on any atom is -0.379 e. The number of benzene rings is 2. The monoisotopic (exact) mass is 429 g/mol. The molecule has 1 aliphatic heterocycles. The maximum atomic E-state index is 13.3. The van der Waals surface area contributed by atoms with Gasteiger partial charge in [0.05, 0.1) is 29.9 Å². The van der Waals surface area contributed by atoms with Gasteiger partial charge >= 0.3 is 0 Å². The molecule has 0 aliphatic carbocycles. The Balaban J connectivity index is 1.57. The maximum absolute atomic E-state index is 13.3. The molecule has 2 heterocycles. The van der Waals surface area contributed by atoms with E-state index in [-0.39, 0.29) is 5.91 Å². The molecule has 1 fully saturated rings. The van der Waals surface area contributed by atoms with Crippen LogP contribution in [0, 0.1) is 6.92 Å². The van der Waals surface area contributed by atoms with Crippen molar-refractivity contribution < 1.29 is 9.53 Å². The summed E-state index contributed by atoms with van der Waals surface area (Å²) >= 11 is 7.65. The number of hydrogen-bond acceptors (Lipinski definition) is 5. The quantitative estimate of drug-likeness (QED) is 0.590. The normalized spacial score (nSPS) is 15.0. The molecule has 0 bridgehead atoms. The highest BCUT2D eigenvalue weighted by Crippen LogP contribution is 2.31. The number of aromatic nitrogens is 1. The lowest BCUT2D eigenvalue weighted by Crippen LogP contribution is -2.43. The molecule has 0 N–H and O–H groups in total. The van der Waals surface area contributed by atoms with Crippen LogP contribution >= 0.6 is 22.9 Å². The summed E-state index contributed by atoms with van der Waals surface area (Å²) in [6, 6.07) is 13.8. The number of hydrogen-bond donors (Lipinski definition) is 0. The molecule has 3 aromatic rings. The van der Waals surface area contributed by atoms with Crippen molar-refractivity contribution in [3.05, 3.63) is 58.6 Å². The van der Waals surface area contributed by atoms with Crippen LogP contribution in [0.15, 0.2) is 42.5 Å². The molecule has 0 saturated carbocycles. The summed E-state index contributed by atoms with van der Waals surface area (Å²) in [6.45, 7) is 6.75. The Morgan fingerprint density at radius 3 is 2.86 bits per heavy atom. The zero-order chi connectivity index (χ0) is 20.2. The number of nitrogens with zero attached hydrogens (tertiary/aromatic N) is 3. The average Bonchev–Trinajstić information content (AvgIpc) is 3.11. The Hall–Kier alpha value is -1.99. The van der Waals surface area contributed by atoms with Crippen LogP contribution in [0.4, 0.5) is 5.13 Å². The van der Waals surface area contributed by atoms with E-state index >= 15 is 0 Å². The van der Waals surface area contributed by atoms with E-state index in [1.165, 1.54) is 11.3 Å². The molecule has 7 heteroatoms. The highest BCUT2D eigenvalue weighted by Gasteiger charge is 2.22. The zero-order valence-corrected chi connectivity index (χ0v) is 18.0. The first-order valence-electron chi connectivity index (χ1n) is 9.80. The third-order valence-corrected chi connectivity index (χ3v) is 6.33. The first-order chi connectivity index (χ1) is 14.1. The third kappa shape index (κ3) is 5.14. The van der Waals surface area contributed by atoms with Crippen molar-refractivity contribution in [2.75, 3.05) is 44.3 Å². The second kappa shape index (κ2) is 9.22. The van der Waals surface area contributed by atoms with Crippen molar-refractivity contribution in [3.63, 3.8) is 0 Å². The van der Waals surface area contributed by atoms with E-state index in [2.05, 4.69) is 11.0 Å². The fourth-order valence-electron chi connectivity index (χ4n) is 3.49. The first-order valence-corrected chi connectivity index (χ1v) is 11.0. The van der Waals surface area contributed by atoms with Crippen molar-refractivity contribution >= 4 is 44.2 Å². The highest BCUT2D eigenvalue weighted by molar-refractivity contribution is 7.22. The Kier molecular flexibility index (Phi) is 6.45. The Morgan fingerprint density at radius 2 is 2.07 bits per heavy atom. The second-order valence-electron chi connectivity index (χ2n) is 7.27. The van der Waals surface area contributed by atoms with Crippen LogP contribution in [-0.4, -0.2) is 55.2 Å². The molecule has 1 aromatic heterocycles. The molecule has 4 rings (SSSR count). The summed E-state index contributed by atoms with van der Waals surface area (Å²) in [6.07, 6.45) is 0.363. The number of rotatable bonds is 6. The van der Waals surface area contributed by atoms with E-state index < -0.39 is 0 Å². The summed E-state index contributed by atoms with van der Waals surface area (Å²) in [5.41, 5.74) is 3.05. The van der Waals surface area contributed by atoms with Gasteiger partial charge in [-0.25, -0.2) is 4.98 Å². The van der Waals surface area contributed by atoms with Gasteiger partial charge in [-0.2, -0.15) is 0 Å². The molecule has 0 radical (unpaired) electrons. The van der Waals surface area contributed by atoms with Crippen molar-refractivity contribution in [1.29, 1.82) is 0 Å². The Morgan fingerprint density at radius 1 is 1.24 bits per heavy atom. The number of carbonyl (C=O) groups is 1. The van der Waals surface area contributed by atoms with E-state index in [0.29, 0.717) is 18.0 Å². The van der Waals surface area contributed by atoms with Gasteiger partial charge in [0.15, 0.2) is 5.13 Å². The number of anilines is 1. The summed E-state index contributed by atoms with van der Waals surface area (Å²) in [7, 11) is 0. The number of thiazole rings is 1. The number of halogens is 1. The Labute approximate surface area is 179 Å². The van der Waals surface area contributed by atoms with Gasteiger partial charge in [0.1, 0.15) is 0 Å². The van der Waals surface area contributed by atoms with Crippen molar-refractivity contribution in [2.45, 2.75) is 13.3 Å². The van der Waals surface area contributed by atoms with Crippen LogP contribution in [0.25, 0.3) is 10.2 Å². The maximum Gasteiger partial charge on any atom is 0.233 e. The fourth-order valence-corrected chi connectivity index (χ4v) is 4.77. The summed E-state index contributed by atoms with van der Waals surface area (Å²) < 4.78 is 6.43. The van der Waals surface area contributed by atoms with E-state index in [4.69, 9.17) is 21.3 Å². The van der Waals surface area contributed by atoms with Gasteiger partial charge in [0.2, 0.25) is 5.91 Å². The first kappa shape index (κ1) is 20.3. The van der Waals surface area contributed by atoms with E-state index in [9.17, 15) is 4.79 Å². The van der Waals surface area contributed by atoms with Crippen LogP contribution in [0.2, 0.25) is 5.02 Å². The molecule has 0 spiro atoms. The van der Waals surface area contributed by atoms with Crippen LogP contribution in [0.3, 0.4) is 0 Å². The summed E-state index contributed by atoms with van der Waals surface area (Å²) in [5, 5.41) is 1.41. The number of amides is 1. The van der Waals surface area contributed by atoms with E-state index in [0.717, 1.165) is 59.3 Å². The third-order valence-electron chi connectivity index (χ3n) is 5.05. The number of ether oxygens (including phenoxy) is 1. The van der Waals surface area contributed by atoms with Gasteiger partial charge in [-0.1, -0.05) is 52.8 Å². The summed E-state index contributed by atoms with van der Waals surface area (Å²) in [4.78, 5) is 22.1. The molecule has 29 heavy (non-hydrogen) atoms. The smallest absolute Gasteiger partial charge is 0.233 e. The molecule has 5 nitrogen and oxygen atoms in total. The molecule has 0 atom stereocenters. The predicted molar refractivity (Wildman–Crippen MR) is 119 cm³/mol. The lowest BCUT2D eigenvalue weighted by molar-refractivity contribution is -0.118. The molecular formula is C22H24ClN3O2S. The molecule has 0 unspecified atom stereocenters. The molecule has 1 saturated heterocycles. The SMILES string of the molecule is Cc1cccc(CC(=O)N(CCN2CCOCC2)c2nc3ccc(Cl)cc3s2)c1. The van der Waals surface area contributed by atoms with Crippen molar-refractivity contribution in [1.82, 2.24) is 9.88 Å². The van der Waals surface area contributed by atoms with E-state index in [1.54, 1.807) is 0 Å². The lowest BCUT2D eigenvalue weighted by atomic mass is 10.1. The molecule has 2 aromatic carbocycles. The average molecular weight is 430 g/mol. The molecular weight excluding hydrogens is 406 g/mol. The van der Waals surface area contributed by atoms with Crippen LogP contribution in [0.1, 0.15) is 11.1 Å². The standard InChI is InChI=1S/C22H24ClN3O2S/c1-16-3-2-4-17(13-16)14-21(27)26(8-7-25-9-11-28-12-10-25)22-24-19-6-5-18(23)15-20(19)29-22/h2-6,13,15H,7-12,14H2,1H3. The fraction of sp³-hybridized carbons (Fsp3) is 0.364. The van der Waals surface area contributed by atoms with Gasteiger partial charge in [0, 0.05) is 31.2 Å². The number of fused-ring (bicyclic) bond motifs is 1. The van der Waals surface area contributed by atoms with Crippen LogP contribution < -0.4 is 4.90 Å². The van der Waals surface area contributed by atoms with Gasteiger partial charge in [-0.3, -0.25) is 14.6 Å². The van der Waals surface area contributed by atoms with E-state index in [1.807, 2.05) is 48.2 Å². The lowest BCUT2D eigenvalue weighted by Gasteiger charge is -2.29. The van der Waals surface area contributed by atoms with Crippen LogP contribution in [-0.2, 0) is 16.0 Å². The van der Waals surface area contributed by atoms with Crippen molar-refractivity contribution in [2.24, 2.45) is 0 Å².